The lowest BCUT2D eigenvalue weighted by Crippen LogP contribution is -2.46. The number of guanidine groups is 1. The number of benzene rings is 1. The highest BCUT2D eigenvalue weighted by atomic mass is 127. The smallest absolute Gasteiger partial charge is 0.191 e. The van der Waals surface area contributed by atoms with E-state index < -0.39 is 0 Å². The van der Waals surface area contributed by atoms with Gasteiger partial charge in [-0.2, -0.15) is 5.10 Å². The summed E-state index contributed by atoms with van der Waals surface area (Å²) in [7, 11) is 5.10. The zero-order valence-electron chi connectivity index (χ0n) is 18.4. The van der Waals surface area contributed by atoms with Gasteiger partial charge in [0.25, 0.3) is 0 Å². The number of halogens is 1. The summed E-state index contributed by atoms with van der Waals surface area (Å²) >= 11 is 1.63. The van der Waals surface area contributed by atoms with E-state index in [2.05, 4.69) is 31.1 Å². The van der Waals surface area contributed by atoms with Gasteiger partial charge in [0.2, 0.25) is 0 Å². The SMILES string of the molecule is CN=C(NCc1csc(-c2ccc(OC)cc2)n1)NC1CCc2nc(COC)nn2C1.I. The summed E-state index contributed by atoms with van der Waals surface area (Å²) < 4.78 is 12.3. The molecule has 9 nitrogen and oxygen atoms in total. The number of ether oxygens (including phenoxy) is 2. The summed E-state index contributed by atoms with van der Waals surface area (Å²) in [5.74, 6) is 3.34. The summed E-state index contributed by atoms with van der Waals surface area (Å²) in [4.78, 5) is 13.6. The minimum atomic E-state index is 0. The van der Waals surface area contributed by atoms with Gasteiger partial charge in [-0.1, -0.05) is 0 Å². The maximum atomic E-state index is 5.22. The number of hydrogen-bond donors (Lipinski definition) is 2. The molecular formula is C21H28IN7O2S. The van der Waals surface area contributed by atoms with E-state index in [1.165, 1.54) is 0 Å². The molecule has 1 aromatic carbocycles. The molecule has 3 heterocycles. The molecule has 0 aliphatic carbocycles. The van der Waals surface area contributed by atoms with Crippen molar-refractivity contribution in [2.24, 2.45) is 4.99 Å². The monoisotopic (exact) mass is 569 g/mol. The fraction of sp³-hybridized carbons (Fsp3) is 0.429. The zero-order valence-corrected chi connectivity index (χ0v) is 21.5. The summed E-state index contributed by atoms with van der Waals surface area (Å²) in [6.07, 6.45) is 1.85. The van der Waals surface area contributed by atoms with Crippen LogP contribution in [0.1, 0.15) is 23.8 Å². The number of hydrogen-bond acceptors (Lipinski definition) is 7. The molecule has 2 aromatic heterocycles. The van der Waals surface area contributed by atoms with Crippen molar-refractivity contribution in [1.29, 1.82) is 0 Å². The van der Waals surface area contributed by atoms with Crippen molar-refractivity contribution in [3.05, 3.63) is 47.0 Å². The maximum absolute atomic E-state index is 5.22. The van der Waals surface area contributed by atoms with Crippen LogP contribution in [0.3, 0.4) is 0 Å². The summed E-state index contributed by atoms with van der Waals surface area (Å²) in [5.41, 5.74) is 2.06. The van der Waals surface area contributed by atoms with Crippen molar-refractivity contribution in [2.45, 2.75) is 38.6 Å². The maximum Gasteiger partial charge on any atom is 0.191 e. The van der Waals surface area contributed by atoms with E-state index >= 15 is 0 Å². The van der Waals surface area contributed by atoms with Crippen LogP contribution < -0.4 is 15.4 Å². The first-order valence-corrected chi connectivity index (χ1v) is 11.0. The number of thiazole rings is 1. The van der Waals surface area contributed by atoms with Crippen LogP contribution in [0, 0.1) is 0 Å². The minimum Gasteiger partial charge on any atom is -0.497 e. The van der Waals surface area contributed by atoms with Crippen LogP contribution in [-0.4, -0.2) is 53.0 Å². The Morgan fingerprint density at radius 2 is 2.06 bits per heavy atom. The largest absolute Gasteiger partial charge is 0.497 e. The average molecular weight is 569 g/mol. The van der Waals surface area contributed by atoms with Gasteiger partial charge in [-0.25, -0.2) is 14.6 Å². The second-order valence-electron chi connectivity index (χ2n) is 7.24. The highest BCUT2D eigenvalue weighted by Crippen LogP contribution is 2.25. The molecule has 0 fully saturated rings. The van der Waals surface area contributed by atoms with E-state index in [1.54, 1.807) is 32.6 Å². The van der Waals surface area contributed by atoms with Gasteiger partial charge >= 0.3 is 0 Å². The molecule has 172 valence electrons. The molecule has 0 bridgehead atoms. The normalized spacial score (nSPS) is 15.6. The molecule has 3 aromatic rings. The third-order valence-corrected chi connectivity index (χ3v) is 6.01. The van der Waals surface area contributed by atoms with Gasteiger partial charge in [0.1, 0.15) is 23.2 Å². The van der Waals surface area contributed by atoms with Gasteiger partial charge in [-0.05, 0) is 30.7 Å². The molecule has 0 amide bonds. The van der Waals surface area contributed by atoms with E-state index in [-0.39, 0.29) is 30.0 Å². The Bertz CT molecular complexity index is 1040. The van der Waals surface area contributed by atoms with Crippen molar-refractivity contribution in [3.63, 3.8) is 0 Å². The fourth-order valence-corrected chi connectivity index (χ4v) is 4.31. The van der Waals surface area contributed by atoms with Crippen LogP contribution in [0.15, 0.2) is 34.6 Å². The predicted octanol–water partition coefficient (Wildman–Crippen LogP) is 2.85. The van der Waals surface area contributed by atoms with Crippen molar-refractivity contribution in [2.75, 3.05) is 21.3 Å². The predicted molar refractivity (Wildman–Crippen MR) is 136 cm³/mol. The van der Waals surface area contributed by atoms with Gasteiger partial charge in [0, 0.05) is 37.6 Å². The lowest BCUT2D eigenvalue weighted by molar-refractivity contribution is 0.177. The molecule has 11 heteroatoms. The zero-order chi connectivity index (χ0) is 21.6. The topological polar surface area (TPSA) is 98.5 Å². The number of aromatic nitrogens is 4. The Morgan fingerprint density at radius 1 is 1.25 bits per heavy atom. The molecule has 1 aliphatic heterocycles. The first-order chi connectivity index (χ1) is 15.2. The molecule has 1 aliphatic rings. The van der Waals surface area contributed by atoms with Crippen LogP contribution >= 0.6 is 35.3 Å². The van der Waals surface area contributed by atoms with Crippen LogP contribution in [0.5, 0.6) is 5.75 Å². The Morgan fingerprint density at radius 3 is 2.78 bits per heavy atom. The molecule has 0 saturated heterocycles. The van der Waals surface area contributed by atoms with Crippen molar-refractivity contribution in [1.82, 2.24) is 30.4 Å². The summed E-state index contributed by atoms with van der Waals surface area (Å²) in [6, 6.07) is 8.18. The van der Waals surface area contributed by atoms with Gasteiger partial charge in [0.05, 0.1) is 25.9 Å². The van der Waals surface area contributed by atoms with Crippen LogP contribution in [0.25, 0.3) is 10.6 Å². The minimum absolute atomic E-state index is 0. The Balaban J connectivity index is 0.00000289. The lowest BCUT2D eigenvalue weighted by atomic mass is 10.1. The van der Waals surface area contributed by atoms with Crippen molar-refractivity contribution < 1.29 is 9.47 Å². The average Bonchev–Trinajstić information content (AvgIpc) is 3.43. The molecular weight excluding hydrogens is 541 g/mol. The van der Waals surface area contributed by atoms with Gasteiger partial charge in [0.15, 0.2) is 11.8 Å². The highest BCUT2D eigenvalue weighted by molar-refractivity contribution is 14.0. The molecule has 0 spiro atoms. The Hall–Kier alpha value is -2.25. The number of rotatable bonds is 7. The van der Waals surface area contributed by atoms with E-state index in [4.69, 9.17) is 14.5 Å². The van der Waals surface area contributed by atoms with E-state index in [1.807, 2.05) is 28.9 Å². The first-order valence-electron chi connectivity index (χ1n) is 10.2. The molecule has 4 rings (SSSR count). The van der Waals surface area contributed by atoms with Gasteiger partial charge in [-0.3, -0.25) is 4.99 Å². The number of fused-ring (bicyclic) bond motifs is 1. The Labute approximate surface area is 208 Å². The molecule has 1 atom stereocenters. The van der Waals surface area contributed by atoms with Crippen LogP contribution in [0.4, 0.5) is 0 Å². The molecule has 0 radical (unpaired) electrons. The molecule has 1 unspecified atom stereocenters. The summed E-state index contributed by atoms with van der Waals surface area (Å²) in [5, 5.41) is 14.4. The molecule has 2 N–H and O–H groups in total. The van der Waals surface area contributed by atoms with E-state index in [9.17, 15) is 0 Å². The number of aliphatic imine (C=N–C) groups is 1. The van der Waals surface area contributed by atoms with Gasteiger partial charge < -0.3 is 20.1 Å². The number of nitrogens with zero attached hydrogens (tertiary/aromatic N) is 5. The second-order valence-corrected chi connectivity index (χ2v) is 8.10. The van der Waals surface area contributed by atoms with Crippen molar-refractivity contribution >= 4 is 41.3 Å². The third kappa shape index (κ3) is 5.95. The van der Waals surface area contributed by atoms with Crippen molar-refractivity contribution in [3.8, 4) is 16.3 Å². The standard InChI is InChI=1S/C21H27N7O2S.HI/c1-22-21(25-15-6-9-19-26-18(12-29-2)27-28(19)11-15)23-10-16-13-31-20(24-16)14-4-7-17(30-3)8-5-14;/h4-5,7-8,13,15H,6,9-12H2,1-3H3,(H2,22,23,25);1H. The van der Waals surface area contributed by atoms with E-state index in [0.717, 1.165) is 59.0 Å². The summed E-state index contributed by atoms with van der Waals surface area (Å²) in [6.45, 7) is 1.80. The lowest BCUT2D eigenvalue weighted by Gasteiger charge is -2.25. The van der Waals surface area contributed by atoms with E-state index in [0.29, 0.717) is 13.2 Å². The quantitative estimate of drug-likeness (QED) is 0.257. The molecule has 32 heavy (non-hydrogen) atoms. The van der Waals surface area contributed by atoms with Crippen LogP contribution in [-0.2, 0) is 30.9 Å². The first kappa shape index (κ1) is 24.4. The Kier molecular flexibility index (Phi) is 8.82. The highest BCUT2D eigenvalue weighted by Gasteiger charge is 2.22. The number of methoxy groups -OCH3 is 2. The fourth-order valence-electron chi connectivity index (χ4n) is 3.49. The third-order valence-electron chi connectivity index (χ3n) is 5.07. The number of aryl methyl sites for hydroxylation is 1. The number of nitrogens with one attached hydrogen (secondary N) is 2. The second kappa shape index (κ2) is 11.6. The van der Waals surface area contributed by atoms with Gasteiger partial charge in [-0.15, -0.1) is 35.3 Å². The molecule has 0 saturated carbocycles. The van der Waals surface area contributed by atoms with Crippen LogP contribution in [0.2, 0.25) is 0 Å².